The van der Waals surface area contributed by atoms with Crippen molar-refractivity contribution < 1.29 is 9.34 Å². The van der Waals surface area contributed by atoms with Crippen molar-refractivity contribution in [1.29, 1.82) is 0 Å². The van der Waals surface area contributed by atoms with Gasteiger partial charge in [0.2, 0.25) is 0 Å². The van der Waals surface area contributed by atoms with Gasteiger partial charge in [0.25, 0.3) is 0 Å². The highest BCUT2D eigenvalue weighted by Gasteiger charge is 2.40. The summed E-state index contributed by atoms with van der Waals surface area (Å²) < 4.78 is 5.04. The molecule has 0 spiro atoms. The predicted molar refractivity (Wildman–Crippen MR) is 46.9 cm³/mol. The number of nitrogens with zero attached hydrogens (tertiary/aromatic N) is 1. The van der Waals surface area contributed by atoms with Crippen LogP contribution in [0, 0.1) is 16.0 Å². The number of alkyl halides is 1. The van der Waals surface area contributed by atoms with E-state index in [1.165, 1.54) is 6.07 Å². The average molecular weight is 202 g/mol. The number of hydrogen-bond acceptors (Lipinski definition) is 3. The number of nitro groups is 1. The first-order valence-corrected chi connectivity index (χ1v) is 4.56. The van der Waals surface area contributed by atoms with Crippen LogP contribution in [0.3, 0.4) is 0 Å². The zero-order valence-corrected chi connectivity index (χ0v) is 7.53. The lowest BCUT2D eigenvalue weighted by molar-refractivity contribution is -0.402. The fraction of sp³-hybridized carbons (Fsp3) is 0.500. The first kappa shape index (κ1) is 8.56. The van der Waals surface area contributed by atoms with E-state index in [4.69, 9.17) is 16.0 Å². The second-order valence-corrected chi connectivity index (χ2v) is 3.50. The second kappa shape index (κ2) is 3.03. The second-order valence-electron chi connectivity index (χ2n) is 3.19. The third kappa shape index (κ3) is 1.54. The Balaban J connectivity index is 2.11. The van der Waals surface area contributed by atoms with Crippen LogP contribution in [-0.2, 0) is 0 Å². The zero-order chi connectivity index (χ0) is 9.42. The molecule has 2 unspecified atom stereocenters. The number of rotatable bonds is 3. The maximum Gasteiger partial charge on any atom is 0.433 e. The highest BCUT2D eigenvalue weighted by atomic mass is 35.5. The van der Waals surface area contributed by atoms with Crippen molar-refractivity contribution in [2.24, 2.45) is 5.92 Å². The Labute approximate surface area is 79.6 Å². The lowest BCUT2D eigenvalue weighted by Crippen LogP contribution is -1.84. The van der Waals surface area contributed by atoms with Crippen LogP contribution in [-0.4, -0.2) is 10.8 Å². The van der Waals surface area contributed by atoms with Gasteiger partial charge in [-0.05, 0) is 18.4 Å². The summed E-state index contributed by atoms with van der Waals surface area (Å²) in [7, 11) is 0. The van der Waals surface area contributed by atoms with E-state index >= 15 is 0 Å². The van der Waals surface area contributed by atoms with E-state index in [0.29, 0.717) is 23.5 Å². The molecule has 0 saturated heterocycles. The van der Waals surface area contributed by atoms with Gasteiger partial charge in [-0.25, -0.2) is 0 Å². The summed E-state index contributed by atoms with van der Waals surface area (Å²) in [4.78, 5) is 9.77. The molecule has 70 valence electrons. The Morgan fingerprint density at radius 3 is 2.92 bits per heavy atom. The van der Waals surface area contributed by atoms with Crippen LogP contribution in [0.4, 0.5) is 5.88 Å². The molecule has 4 nitrogen and oxygen atoms in total. The summed E-state index contributed by atoms with van der Waals surface area (Å²) in [5.41, 5.74) is 0. The van der Waals surface area contributed by atoms with Crippen LogP contribution in [0.15, 0.2) is 16.5 Å². The van der Waals surface area contributed by atoms with E-state index in [9.17, 15) is 10.1 Å². The van der Waals surface area contributed by atoms with E-state index < -0.39 is 4.92 Å². The molecule has 0 radical (unpaired) electrons. The monoisotopic (exact) mass is 201 g/mol. The molecule has 0 amide bonds. The number of halogens is 1. The van der Waals surface area contributed by atoms with E-state index in [1.54, 1.807) is 6.07 Å². The summed E-state index contributed by atoms with van der Waals surface area (Å²) in [6, 6.07) is 3.05. The number of hydrogen-bond donors (Lipinski definition) is 0. The normalized spacial score (nSPS) is 25.9. The van der Waals surface area contributed by atoms with Gasteiger partial charge in [-0.1, -0.05) is 0 Å². The van der Waals surface area contributed by atoms with Gasteiger partial charge in [-0.15, -0.1) is 11.6 Å². The molecule has 1 fully saturated rings. The minimum Gasteiger partial charge on any atom is -0.406 e. The van der Waals surface area contributed by atoms with Crippen LogP contribution in [0.2, 0.25) is 0 Å². The Kier molecular flexibility index (Phi) is 2.00. The Hall–Kier alpha value is -1.03. The number of furan rings is 1. The Morgan fingerprint density at radius 2 is 2.46 bits per heavy atom. The van der Waals surface area contributed by atoms with Crippen LogP contribution < -0.4 is 0 Å². The van der Waals surface area contributed by atoms with E-state index in [1.807, 2.05) is 0 Å². The van der Waals surface area contributed by atoms with Gasteiger partial charge in [-0.2, -0.15) is 0 Å². The average Bonchev–Trinajstić information content (AvgIpc) is 2.73. The predicted octanol–water partition coefficient (Wildman–Crippen LogP) is 2.53. The SMILES string of the molecule is O=[N+]([O-])c1ccc(C2CC2CCl)o1. The molecule has 1 aliphatic rings. The van der Waals surface area contributed by atoms with E-state index in [-0.39, 0.29) is 5.88 Å². The summed E-state index contributed by atoms with van der Waals surface area (Å²) in [6.07, 6.45) is 0.980. The highest BCUT2D eigenvalue weighted by Crippen LogP contribution is 2.48. The van der Waals surface area contributed by atoms with Gasteiger partial charge < -0.3 is 4.42 Å². The third-order valence-corrected chi connectivity index (χ3v) is 2.68. The molecule has 13 heavy (non-hydrogen) atoms. The van der Waals surface area contributed by atoms with Gasteiger partial charge >= 0.3 is 5.88 Å². The van der Waals surface area contributed by atoms with Gasteiger partial charge in [0.05, 0.1) is 6.07 Å². The molecular formula is C8H8ClNO3. The third-order valence-electron chi connectivity index (χ3n) is 2.28. The Bertz CT molecular complexity index is 336. The lowest BCUT2D eigenvalue weighted by atomic mass is 10.3. The highest BCUT2D eigenvalue weighted by molar-refractivity contribution is 6.18. The van der Waals surface area contributed by atoms with Gasteiger partial charge in [-0.3, -0.25) is 10.1 Å². The van der Waals surface area contributed by atoms with Crippen molar-refractivity contribution >= 4 is 17.5 Å². The summed E-state index contributed by atoms with van der Waals surface area (Å²) >= 11 is 5.64. The summed E-state index contributed by atoms with van der Waals surface area (Å²) in [5.74, 6) is 1.84. The zero-order valence-electron chi connectivity index (χ0n) is 6.77. The molecule has 5 heteroatoms. The molecule has 0 aliphatic heterocycles. The van der Waals surface area contributed by atoms with Crippen molar-refractivity contribution in [2.45, 2.75) is 12.3 Å². The molecular weight excluding hydrogens is 194 g/mol. The molecule has 2 rings (SSSR count). The first-order valence-electron chi connectivity index (χ1n) is 4.02. The largest absolute Gasteiger partial charge is 0.433 e. The first-order chi connectivity index (χ1) is 6.22. The minimum atomic E-state index is -0.526. The van der Waals surface area contributed by atoms with Crippen molar-refractivity contribution in [3.05, 3.63) is 28.0 Å². The molecule has 1 aromatic heterocycles. The van der Waals surface area contributed by atoms with Gasteiger partial charge in [0, 0.05) is 11.8 Å². The van der Waals surface area contributed by atoms with Crippen molar-refractivity contribution in [1.82, 2.24) is 0 Å². The van der Waals surface area contributed by atoms with Crippen LogP contribution >= 0.6 is 11.6 Å². The molecule has 1 saturated carbocycles. The molecule has 0 N–H and O–H groups in total. The quantitative estimate of drug-likeness (QED) is 0.429. The minimum absolute atomic E-state index is 0.185. The van der Waals surface area contributed by atoms with Crippen molar-refractivity contribution in [3.8, 4) is 0 Å². The maximum absolute atomic E-state index is 10.3. The topological polar surface area (TPSA) is 56.3 Å². The fourth-order valence-electron chi connectivity index (χ4n) is 1.41. The van der Waals surface area contributed by atoms with Crippen LogP contribution in [0.5, 0.6) is 0 Å². The molecule has 1 aromatic rings. The molecule has 1 aliphatic carbocycles. The van der Waals surface area contributed by atoms with E-state index in [0.717, 1.165) is 6.42 Å². The van der Waals surface area contributed by atoms with Crippen molar-refractivity contribution in [3.63, 3.8) is 0 Å². The van der Waals surface area contributed by atoms with Crippen LogP contribution in [0.25, 0.3) is 0 Å². The standard InChI is InChI=1S/C8H8ClNO3/c9-4-5-3-6(5)7-1-2-8(13-7)10(11)12/h1-2,5-6H,3-4H2. The van der Waals surface area contributed by atoms with Crippen molar-refractivity contribution in [2.75, 3.05) is 5.88 Å². The summed E-state index contributed by atoms with van der Waals surface area (Å²) in [5, 5.41) is 10.3. The van der Waals surface area contributed by atoms with Gasteiger partial charge in [0.15, 0.2) is 0 Å². The molecule has 2 atom stereocenters. The van der Waals surface area contributed by atoms with E-state index in [2.05, 4.69) is 0 Å². The smallest absolute Gasteiger partial charge is 0.406 e. The lowest BCUT2D eigenvalue weighted by Gasteiger charge is -1.89. The molecule has 0 bridgehead atoms. The molecule has 1 heterocycles. The fourth-order valence-corrected chi connectivity index (χ4v) is 1.75. The molecule has 0 aromatic carbocycles. The van der Waals surface area contributed by atoms with Crippen LogP contribution in [0.1, 0.15) is 18.1 Å². The maximum atomic E-state index is 10.3. The van der Waals surface area contributed by atoms with Gasteiger partial charge in [0.1, 0.15) is 10.7 Å². The summed E-state index contributed by atoms with van der Waals surface area (Å²) in [6.45, 7) is 0. The Morgan fingerprint density at radius 1 is 1.69 bits per heavy atom.